The molecule has 1 aromatic heterocycles. The molecule has 0 spiro atoms. The molecule has 0 unspecified atom stereocenters. The van der Waals surface area contributed by atoms with E-state index < -0.39 is 5.97 Å². The number of nitrogens with one attached hydrogen (secondary N) is 1. The van der Waals surface area contributed by atoms with E-state index in [1.54, 1.807) is 24.3 Å². The highest BCUT2D eigenvalue weighted by molar-refractivity contribution is 5.70. The third-order valence-corrected chi connectivity index (χ3v) is 2.60. The number of aromatic amines is 1. The van der Waals surface area contributed by atoms with Crippen LogP contribution in [-0.4, -0.2) is 21.0 Å². The van der Waals surface area contributed by atoms with Crippen molar-refractivity contribution in [2.75, 3.05) is 0 Å². The number of aromatic nitrogens is 2. The Hall–Kier alpha value is -2.63. The van der Waals surface area contributed by atoms with E-state index in [1.165, 1.54) is 6.07 Å². The molecule has 0 saturated carbocycles. The van der Waals surface area contributed by atoms with E-state index in [9.17, 15) is 9.59 Å². The third kappa shape index (κ3) is 3.68. The number of carboxylic acid groups (broad SMARTS) is 1. The number of H-pyrrole nitrogens is 1. The van der Waals surface area contributed by atoms with Crippen molar-refractivity contribution in [3.63, 3.8) is 0 Å². The van der Waals surface area contributed by atoms with Gasteiger partial charge in [-0.3, -0.25) is 9.59 Å². The first kappa shape index (κ1) is 13.8. The summed E-state index contributed by atoms with van der Waals surface area (Å²) in [5, 5.41) is 8.68. The summed E-state index contributed by atoms with van der Waals surface area (Å²) in [6, 6.07) is 7.89. The van der Waals surface area contributed by atoms with Gasteiger partial charge in [0.15, 0.2) is 0 Å². The van der Waals surface area contributed by atoms with Gasteiger partial charge in [-0.25, -0.2) is 0 Å². The molecular weight excluding hydrogens is 260 g/mol. The molecule has 2 aromatic rings. The first-order valence-electron chi connectivity index (χ1n) is 6.15. The summed E-state index contributed by atoms with van der Waals surface area (Å²) in [5.41, 5.74) is 0.410. The van der Waals surface area contributed by atoms with Crippen LogP contribution in [0.25, 0.3) is 0 Å². The van der Waals surface area contributed by atoms with Gasteiger partial charge in [-0.1, -0.05) is 19.1 Å². The van der Waals surface area contributed by atoms with Crippen LogP contribution in [0.15, 0.2) is 35.1 Å². The molecule has 0 bridgehead atoms. The van der Waals surface area contributed by atoms with Crippen molar-refractivity contribution in [3.05, 3.63) is 52.1 Å². The molecule has 0 radical (unpaired) electrons. The largest absolute Gasteiger partial charge is 0.481 e. The van der Waals surface area contributed by atoms with Gasteiger partial charge in [0, 0.05) is 6.42 Å². The quantitative estimate of drug-likeness (QED) is 0.866. The van der Waals surface area contributed by atoms with Crippen LogP contribution in [0.5, 0.6) is 11.6 Å². The minimum atomic E-state index is -0.887. The van der Waals surface area contributed by atoms with Crippen molar-refractivity contribution >= 4 is 5.97 Å². The zero-order valence-electron chi connectivity index (χ0n) is 10.9. The Morgan fingerprint density at radius 2 is 2.05 bits per heavy atom. The van der Waals surface area contributed by atoms with Crippen LogP contribution in [-0.2, 0) is 17.6 Å². The topological polar surface area (TPSA) is 92.3 Å². The zero-order valence-corrected chi connectivity index (χ0v) is 10.9. The number of aliphatic carboxylic acids is 1. The second-order valence-electron chi connectivity index (χ2n) is 4.20. The molecule has 104 valence electrons. The summed E-state index contributed by atoms with van der Waals surface area (Å²) in [6.45, 7) is 1.88. The van der Waals surface area contributed by atoms with E-state index in [2.05, 4.69) is 9.97 Å². The average Bonchev–Trinajstić information content (AvgIpc) is 2.39. The van der Waals surface area contributed by atoms with Crippen molar-refractivity contribution in [1.82, 2.24) is 9.97 Å². The van der Waals surface area contributed by atoms with Gasteiger partial charge in [-0.05, 0) is 17.7 Å². The summed E-state index contributed by atoms with van der Waals surface area (Å²) in [6.07, 6.45) is 0.563. The molecule has 1 heterocycles. The second-order valence-corrected chi connectivity index (χ2v) is 4.20. The molecular formula is C14H14N2O4. The molecule has 0 aliphatic rings. The lowest BCUT2D eigenvalue weighted by Gasteiger charge is -2.06. The van der Waals surface area contributed by atoms with E-state index in [0.29, 0.717) is 23.6 Å². The van der Waals surface area contributed by atoms with Crippen molar-refractivity contribution in [2.45, 2.75) is 19.8 Å². The van der Waals surface area contributed by atoms with Crippen LogP contribution in [0.3, 0.4) is 0 Å². The number of carbonyl (C=O) groups is 1. The van der Waals surface area contributed by atoms with E-state index in [4.69, 9.17) is 9.84 Å². The Kier molecular flexibility index (Phi) is 4.14. The number of hydrogen-bond acceptors (Lipinski definition) is 4. The molecule has 0 saturated heterocycles. The number of carboxylic acids is 1. The lowest BCUT2D eigenvalue weighted by molar-refractivity contribution is -0.136. The summed E-state index contributed by atoms with van der Waals surface area (Å²) in [4.78, 5) is 28.7. The first-order valence-corrected chi connectivity index (χ1v) is 6.15. The fraction of sp³-hybridized carbons (Fsp3) is 0.214. The molecule has 20 heavy (non-hydrogen) atoms. The highest BCUT2D eigenvalue weighted by Crippen LogP contribution is 2.19. The van der Waals surface area contributed by atoms with Gasteiger partial charge >= 0.3 is 5.97 Å². The lowest BCUT2D eigenvalue weighted by Crippen LogP contribution is -2.10. The Morgan fingerprint density at radius 1 is 1.35 bits per heavy atom. The molecule has 2 rings (SSSR count). The van der Waals surface area contributed by atoms with Crippen molar-refractivity contribution in [1.29, 1.82) is 0 Å². The summed E-state index contributed by atoms with van der Waals surface area (Å²) in [5.74, 6) is 0.383. The summed E-state index contributed by atoms with van der Waals surface area (Å²) >= 11 is 0. The van der Waals surface area contributed by atoms with Gasteiger partial charge in [0.2, 0.25) is 5.88 Å². The Labute approximate surface area is 115 Å². The second kappa shape index (κ2) is 6.01. The van der Waals surface area contributed by atoms with Crippen LogP contribution >= 0.6 is 0 Å². The molecule has 2 N–H and O–H groups in total. The SMILES string of the molecule is CCc1nc(Oc2ccc(CC(=O)O)cc2)cc(=O)[nH]1. The molecule has 6 heteroatoms. The van der Waals surface area contributed by atoms with E-state index in [-0.39, 0.29) is 17.9 Å². The monoisotopic (exact) mass is 274 g/mol. The van der Waals surface area contributed by atoms with Crippen LogP contribution in [0.2, 0.25) is 0 Å². The number of ether oxygens (including phenoxy) is 1. The molecule has 0 amide bonds. The van der Waals surface area contributed by atoms with Gasteiger partial charge in [0.05, 0.1) is 12.5 Å². The van der Waals surface area contributed by atoms with Gasteiger partial charge in [-0.2, -0.15) is 4.98 Å². The van der Waals surface area contributed by atoms with Crippen molar-refractivity contribution in [3.8, 4) is 11.6 Å². The normalized spacial score (nSPS) is 10.2. The number of aryl methyl sites for hydroxylation is 1. The van der Waals surface area contributed by atoms with Gasteiger partial charge in [0.1, 0.15) is 11.6 Å². The molecule has 6 nitrogen and oxygen atoms in total. The number of rotatable bonds is 5. The first-order chi connectivity index (χ1) is 9.56. The molecule has 0 aliphatic heterocycles. The highest BCUT2D eigenvalue weighted by Gasteiger charge is 2.04. The minimum absolute atomic E-state index is 0.0382. The highest BCUT2D eigenvalue weighted by atomic mass is 16.5. The molecule has 0 aliphatic carbocycles. The van der Waals surface area contributed by atoms with Gasteiger partial charge in [-0.15, -0.1) is 0 Å². The maximum Gasteiger partial charge on any atom is 0.307 e. The average molecular weight is 274 g/mol. The van der Waals surface area contributed by atoms with E-state index in [1.807, 2.05) is 6.92 Å². The van der Waals surface area contributed by atoms with Gasteiger partial charge < -0.3 is 14.8 Å². The van der Waals surface area contributed by atoms with Crippen LogP contribution in [0.1, 0.15) is 18.3 Å². The van der Waals surface area contributed by atoms with E-state index in [0.717, 1.165) is 0 Å². The molecule has 1 aromatic carbocycles. The van der Waals surface area contributed by atoms with Crippen molar-refractivity contribution < 1.29 is 14.6 Å². The lowest BCUT2D eigenvalue weighted by atomic mass is 10.1. The smallest absolute Gasteiger partial charge is 0.307 e. The predicted molar refractivity (Wildman–Crippen MR) is 72.1 cm³/mol. The Morgan fingerprint density at radius 3 is 2.65 bits per heavy atom. The maximum atomic E-state index is 11.4. The number of hydrogen-bond donors (Lipinski definition) is 2. The van der Waals surface area contributed by atoms with Crippen LogP contribution in [0, 0.1) is 0 Å². The Balaban J connectivity index is 2.15. The predicted octanol–water partition coefficient (Wildman–Crippen LogP) is 1.75. The summed E-state index contributed by atoms with van der Waals surface area (Å²) < 4.78 is 5.48. The zero-order chi connectivity index (χ0) is 14.5. The summed E-state index contributed by atoms with van der Waals surface area (Å²) in [7, 11) is 0. The molecule has 0 atom stereocenters. The van der Waals surface area contributed by atoms with Crippen LogP contribution < -0.4 is 10.3 Å². The maximum absolute atomic E-state index is 11.4. The minimum Gasteiger partial charge on any atom is -0.481 e. The number of nitrogens with zero attached hydrogens (tertiary/aromatic N) is 1. The van der Waals surface area contributed by atoms with Crippen molar-refractivity contribution in [2.24, 2.45) is 0 Å². The Bertz CT molecular complexity index is 662. The van der Waals surface area contributed by atoms with E-state index >= 15 is 0 Å². The fourth-order valence-electron chi connectivity index (χ4n) is 1.67. The van der Waals surface area contributed by atoms with Crippen LogP contribution in [0.4, 0.5) is 0 Å². The standard InChI is InChI=1S/C14H14N2O4/c1-2-11-15-12(17)8-13(16-11)20-10-5-3-9(4-6-10)7-14(18)19/h3-6,8H,2,7H2,1H3,(H,18,19)(H,15,16,17). The van der Waals surface area contributed by atoms with Gasteiger partial charge in [0.25, 0.3) is 5.56 Å². The number of benzene rings is 1. The molecule has 0 fully saturated rings. The fourth-order valence-corrected chi connectivity index (χ4v) is 1.67. The third-order valence-electron chi connectivity index (χ3n) is 2.60.